The summed E-state index contributed by atoms with van der Waals surface area (Å²) in [5, 5.41) is 3.37. The highest BCUT2D eigenvalue weighted by Gasteiger charge is 2.22. The predicted octanol–water partition coefficient (Wildman–Crippen LogP) is 2.93. The van der Waals surface area contributed by atoms with E-state index in [1.54, 1.807) is 29.9 Å². The summed E-state index contributed by atoms with van der Waals surface area (Å²) in [6.07, 6.45) is 6.58. The van der Waals surface area contributed by atoms with Crippen LogP contribution in [0.2, 0.25) is 5.02 Å². The average molecular weight is 458 g/mol. The number of halogens is 1. The molecule has 0 spiro atoms. The zero-order valence-corrected chi connectivity index (χ0v) is 18.9. The van der Waals surface area contributed by atoms with E-state index in [9.17, 15) is 14.4 Å². The number of rotatable bonds is 12. The molecule has 0 saturated heterocycles. The summed E-state index contributed by atoms with van der Waals surface area (Å²) in [4.78, 5) is 40.3. The first-order chi connectivity index (χ1) is 15.4. The highest BCUT2D eigenvalue weighted by atomic mass is 35.5. The first-order valence-corrected chi connectivity index (χ1v) is 10.6. The van der Waals surface area contributed by atoms with Crippen molar-refractivity contribution in [2.24, 2.45) is 0 Å². The Morgan fingerprint density at radius 3 is 2.50 bits per heavy atom. The van der Waals surface area contributed by atoms with Crippen molar-refractivity contribution in [3.63, 3.8) is 0 Å². The number of nitrogens with zero attached hydrogens (tertiary/aromatic N) is 2. The van der Waals surface area contributed by atoms with Gasteiger partial charge >= 0.3 is 0 Å². The lowest BCUT2D eigenvalue weighted by Gasteiger charge is -2.20. The topological polar surface area (TPSA) is 80.6 Å². The molecule has 2 rings (SSSR count). The van der Waals surface area contributed by atoms with Crippen LogP contribution >= 0.6 is 11.6 Å². The molecule has 2 amide bonds. The third-order valence-corrected chi connectivity index (χ3v) is 4.92. The summed E-state index contributed by atoms with van der Waals surface area (Å²) >= 11 is 5.99. The zero-order chi connectivity index (χ0) is 23.5. The number of carbonyl (C=O) groups excluding carboxylic acids is 2. The third kappa shape index (κ3) is 6.93. The molecule has 0 fully saturated rings. The van der Waals surface area contributed by atoms with Crippen LogP contribution < -0.4 is 10.7 Å². The lowest BCUT2D eigenvalue weighted by atomic mass is 10.1. The molecule has 7 nitrogen and oxygen atoms in total. The molecule has 0 saturated carbocycles. The Morgan fingerprint density at radius 1 is 1.19 bits per heavy atom. The number of methoxy groups -OCH3 is 1. The number of nitrogens with one attached hydrogen (secondary N) is 1. The second-order valence-corrected chi connectivity index (χ2v) is 7.51. The maximum absolute atomic E-state index is 13.0. The molecule has 0 atom stereocenters. The van der Waals surface area contributed by atoms with Gasteiger partial charge in [0.15, 0.2) is 0 Å². The van der Waals surface area contributed by atoms with Gasteiger partial charge in [0, 0.05) is 50.7 Å². The molecule has 2 aromatic rings. The first kappa shape index (κ1) is 25.1. The van der Waals surface area contributed by atoms with Gasteiger partial charge in [-0.25, -0.2) is 0 Å². The number of amides is 2. The van der Waals surface area contributed by atoms with Gasteiger partial charge in [-0.3, -0.25) is 14.4 Å². The Balaban J connectivity index is 2.29. The van der Waals surface area contributed by atoms with Crippen LogP contribution in [-0.2, 0) is 17.7 Å². The van der Waals surface area contributed by atoms with Crippen LogP contribution in [0.25, 0.3) is 0 Å². The van der Waals surface area contributed by atoms with Crippen molar-refractivity contribution in [2.45, 2.75) is 13.0 Å². The van der Waals surface area contributed by atoms with Gasteiger partial charge in [-0.05, 0) is 24.1 Å². The smallest absolute Gasteiger partial charge is 0.259 e. The fraction of sp³-hybridized carbons (Fsp3) is 0.292. The number of benzene rings is 1. The average Bonchev–Trinajstić information content (AvgIpc) is 2.77. The van der Waals surface area contributed by atoms with Gasteiger partial charge < -0.3 is 19.5 Å². The van der Waals surface area contributed by atoms with Crippen molar-refractivity contribution in [2.75, 3.05) is 33.4 Å². The minimum absolute atomic E-state index is 0.0905. The van der Waals surface area contributed by atoms with E-state index in [1.807, 2.05) is 18.2 Å². The Morgan fingerprint density at radius 2 is 1.88 bits per heavy atom. The molecule has 0 bridgehead atoms. The van der Waals surface area contributed by atoms with E-state index in [2.05, 4.69) is 18.5 Å². The standard InChI is InChI=1S/C24H28ClN3O4/c1-4-11-28(12-5-2)24(31)21-17-27(13-14-32-3)16-20(22(21)29)23(30)26-10-9-18-7-6-8-19(25)15-18/h4-8,15-17H,1-2,9-14H2,3H3,(H,26,30). The van der Waals surface area contributed by atoms with Crippen LogP contribution in [0.4, 0.5) is 0 Å². The van der Waals surface area contributed by atoms with E-state index >= 15 is 0 Å². The van der Waals surface area contributed by atoms with Crippen LogP contribution in [0.1, 0.15) is 26.3 Å². The van der Waals surface area contributed by atoms with Crippen molar-refractivity contribution < 1.29 is 14.3 Å². The molecule has 0 aliphatic rings. The summed E-state index contributed by atoms with van der Waals surface area (Å²) in [6.45, 7) is 8.84. The van der Waals surface area contributed by atoms with Crippen LogP contribution in [0, 0.1) is 0 Å². The highest BCUT2D eigenvalue weighted by Crippen LogP contribution is 2.11. The monoisotopic (exact) mass is 457 g/mol. The van der Waals surface area contributed by atoms with Gasteiger partial charge in [0.2, 0.25) is 5.43 Å². The summed E-state index contributed by atoms with van der Waals surface area (Å²) in [5.41, 5.74) is 0.147. The fourth-order valence-electron chi connectivity index (χ4n) is 3.10. The molecule has 8 heteroatoms. The van der Waals surface area contributed by atoms with Crippen LogP contribution in [0.5, 0.6) is 0 Å². The van der Waals surface area contributed by atoms with Crippen molar-refractivity contribution >= 4 is 23.4 Å². The summed E-state index contributed by atoms with van der Waals surface area (Å²) < 4.78 is 6.71. The molecule has 1 aromatic heterocycles. The van der Waals surface area contributed by atoms with E-state index in [0.29, 0.717) is 31.1 Å². The van der Waals surface area contributed by atoms with Gasteiger partial charge in [-0.1, -0.05) is 35.9 Å². The van der Waals surface area contributed by atoms with Crippen molar-refractivity contribution in [3.8, 4) is 0 Å². The highest BCUT2D eigenvalue weighted by molar-refractivity contribution is 6.30. The number of hydrogen-bond acceptors (Lipinski definition) is 4. The van der Waals surface area contributed by atoms with Crippen molar-refractivity contribution in [1.29, 1.82) is 0 Å². The van der Waals surface area contributed by atoms with Gasteiger partial charge in [-0.2, -0.15) is 0 Å². The van der Waals surface area contributed by atoms with Crippen molar-refractivity contribution in [3.05, 3.63) is 93.9 Å². The van der Waals surface area contributed by atoms with E-state index in [0.717, 1.165) is 5.56 Å². The van der Waals surface area contributed by atoms with E-state index in [1.165, 1.54) is 17.3 Å². The SMILES string of the molecule is C=CCN(CC=C)C(=O)c1cn(CCOC)cc(C(=O)NCCc2cccc(Cl)c2)c1=O. The van der Waals surface area contributed by atoms with Crippen LogP contribution in [0.3, 0.4) is 0 Å². The molecule has 1 aromatic carbocycles. The Hall–Kier alpha value is -3.16. The third-order valence-electron chi connectivity index (χ3n) is 4.68. The number of carbonyl (C=O) groups is 2. The lowest BCUT2D eigenvalue weighted by molar-refractivity contribution is 0.0788. The second kappa shape index (κ2) is 12.6. The van der Waals surface area contributed by atoms with Gasteiger partial charge in [-0.15, -0.1) is 13.2 Å². The summed E-state index contributed by atoms with van der Waals surface area (Å²) in [6, 6.07) is 7.33. The van der Waals surface area contributed by atoms with Crippen molar-refractivity contribution in [1.82, 2.24) is 14.8 Å². The molecule has 0 unspecified atom stereocenters. The second-order valence-electron chi connectivity index (χ2n) is 7.07. The molecule has 0 aliphatic carbocycles. The number of hydrogen-bond donors (Lipinski definition) is 1. The minimum Gasteiger partial charge on any atom is -0.383 e. The van der Waals surface area contributed by atoms with E-state index in [-0.39, 0.29) is 24.2 Å². The normalized spacial score (nSPS) is 10.4. The summed E-state index contributed by atoms with van der Waals surface area (Å²) in [7, 11) is 1.55. The van der Waals surface area contributed by atoms with Crippen LogP contribution in [0.15, 0.2) is 66.8 Å². The van der Waals surface area contributed by atoms with Gasteiger partial charge in [0.05, 0.1) is 6.61 Å². The zero-order valence-electron chi connectivity index (χ0n) is 18.2. The molecule has 170 valence electrons. The molecule has 0 radical (unpaired) electrons. The maximum Gasteiger partial charge on any atom is 0.259 e. The van der Waals surface area contributed by atoms with Gasteiger partial charge in [0.1, 0.15) is 11.1 Å². The number of pyridine rings is 1. The Bertz CT molecular complexity index is 1020. The molecule has 0 aliphatic heterocycles. The number of ether oxygens (including phenoxy) is 1. The predicted molar refractivity (Wildman–Crippen MR) is 126 cm³/mol. The quantitative estimate of drug-likeness (QED) is 0.497. The van der Waals surface area contributed by atoms with Crippen LogP contribution in [-0.4, -0.2) is 54.6 Å². The summed E-state index contributed by atoms with van der Waals surface area (Å²) in [5.74, 6) is -1.04. The molecular weight excluding hydrogens is 430 g/mol. The fourth-order valence-corrected chi connectivity index (χ4v) is 3.31. The first-order valence-electron chi connectivity index (χ1n) is 10.2. The molecular formula is C24H28ClN3O4. The number of aromatic nitrogens is 1. The molecule has 32 heavy (non-hydrogen) atoms. The van der Waals surface area contributed by atoms with E-state index < -0.39 is 17.2 Å². The molecule has 1 N–H and O–H groups in total. The largest absolute Gasteiger partial charge is 0.383 e. The Labute approximate surface area is 192 Å². The Kier molecular flexibility index (Phi) is 9.91. The lowest BCUT2D eigenvalue weighted by Crippen LogP contribution is -2.38. The van der Waals surface area contributed by atoms with Gasteiger partial charge in [0.25, 0.3) is 11.8 Å². The van der Waals surface area contributed by atoms with E-state index in [4.69, 9.17) is 16.3 Å². The maximum atomic E-state index is 13.0. The molecule has 1 heterocycles. The minimum atomic E-state index is -0.623.